The first kappa shape index (κ1) is 19.0. The van der Waals surface area contributed by atoms with Crippen molar-refractivity contribution < 1.29 is 13.2 Å². The van der Waals surface area contributed by atoms with Gasteiger partial charge in [0.25, 0.3) is 0 Å². The third-order valence-corrected chi connectivity index (χ3v) is 6.21. The number of hydrogen-bond acceptors (Lipinski definition) is 4. The lowest BCUT2D eigenvalue weighted by molar-refractivity contribution is 0.172. The van der Waals surface area contributed by atoms with Crippen LogP contribution in [0.15, 0.2) is 24.3 Å². The molecule has 1 aliphatic heterocycles. The monoisotopic (exact) mass is 373 g/mol. The summed E-state index contributed by atoms with van der Waals surface area (Å²) in [4.78, 5) is 16.2. The van der Waals surface area contributed by atoms with Crippen molar-refractivity contribution in [3.8, 4) is 0 Å². The molecule has 1 saturated heterocycles. The van der Waals surface area contributed by atoms with E-state index < -0.39 is 9.84 Å². The normalized spacial score (nSPS) is 19.4. The Morgan fingerprint density at radius 3 is 2.58 bits per heavy atom. The van der Waals surface area contributed by atoms with Gasteiger partial charge in [-0.05, 0) is 32.1 Å². The fourth-order valence-corrected chi connectivity index (χ4v) is 4.63. The summed E-state index contributed by atoms with van der Waals surface area (Å²) in [6, 6.07) is 6.81. The van der Waals surface area contributed by atoms with Crippen molar-refractivity contribution in [2.24, 2.45) is 0 Å². The molecule has 8 heteroatoms. The predicted molar refractivity (Wildman–Crippen MR) is 96.0 cm³/mol. The van der Waals surface area contributed by atoms with Crippen LogP contribution < -0.4 is 5.32 Å². The van der Waals surface area contributed by atoms with Crippen molar-refractivity contribution in [3.05, 3.63) is 34.9 Å². The molecule has 1 fully saturated rings. The molecule has 1 N–H and O–H groups in total. The highest BCUT2D eigenvalue weighted by molar-refractivity contribution is 7.91. The van der Waals surface area contributed by atoms with Crippen molar-refractivity contribution in [2.75, 3.05) is 38.7 Å². The number of nitrogens with one attached hydrogen (secondary N) is 1. The number of halogens is 1. The molecule has 0 saturated carbocycles. The van der Waals surface area contributed by atoms with Gasteiger partial charge in [0.15, 0.2) is 9.84 Å². The molecule has 0 radical (unpaired) electrons. The number of carbonyl (C=O) groups excluding carboxylic acids is 1. The lowest BCUT2D eigenvalue weighted by atomic mass is 10.2. The molecule has 0 aliphatic carbocycles. The molecular weight excluding hydrogens is 350 g/mol. The minimum absolute atomic E-state index is 0.0416. The number of hydrogen-bond donors (Lipinski definition) is 1. The lowest BCUT2D eigenvalue weighted by Gasteiger charge is -2.29. The second-order valence-corrected chi connectivity index (χ2v) is 8.94. The molecule has 0 aromatic heterocycles. The Kier molecular flexibility index (Phi) is 6.48. The fraction of sp³-hybridized carbons (Fsp3) is 0.562. The van der Waals surface area contributed by atoms with Gasteiger partial charge in [-0.25, -0.2) is 13.2 Å². The van der Waals surface area contributed by atoms with Crippen LogP contribution in [0.2, 0.25) is 5.02 Å². The molecule has 24 heavy (non-hydrogen) atoms. The minimum Gasteiger partial charge on any atom is -0.334 e. The molecule has 2 amide bonds. The highest BCUT2D eigenvalue weighted by atomic mass is 35.5. The highest BCUT2D eigenvalue weighted by Crippen LogP contribution is 2.19. The van der Waals surface area contributed by atoms with Gasteiger partial charge in [-0.3, -0.25) is 0 Å². The summed E-state index contributed by atoms with van der Waals surface area (Å²) in [5, 5.41) is 3.46. The minimum atomic E-state index is -3.04. The van der Waals surface area contributed by atoms with Crippen LogP contribution in [0.4, 0.5) is 4.79 Å². The molecule has 1 aliphatic rings. The quantitative estimate of drug-likeness (QED) is 0.822. The zero-order valence-corrected chi connectivity index (χ0v) is 15.6. The van der Waals surface area contributed by atoms with Crippen LogP contribution in [0, 0.1) is 0 Å². The summed E-state index contributed by atoms with van der Waals surface area (Å²) in [6.07, 6.45) is 0.495. The van der Waals surface area contributed by atoms with Crippen LogP contribution in [0.25, 0.3) is 0 Å². The van der Waals surface area contributed by atoms with Gasteiger partial charge in [0.05, 0.1) is 11.5 Å². The molecule has 1 unspecified atom stereocenters. The van der Waals surface area contributed by atoms with E-state index in [1.807, 2.05) is 37.2 Å². The Balaban J connectivity index is 2.02. The average Bonchev–Trinajstić information content (AvgIpc) is 2.86. The van der Waals surface area contributed by atoms with E-state index in [4.69, 9.17) is 11.6 Å². The molecule has 0 bridgehead atoms. The summed E-state index contributed by atoms with van der Waals surface area (Å²) in [6.45, 7) is 1.48. The molecule has 1 atom stereocenters. The Hall–Kier alpha value is -1.31. The summed E-state index contributed by atoms with van der Waals surface area (Å²) in [5.74, 6) is 0.188. The third kappa shape index (κ3) is 5.36. The summed E-state index contributed by atoms with van der Waals surface area (Å²) in [5.41, 5.74) is 0.833. The average molecular weight is 374 g/mol. The SMILES string of the molecule is CN(C)CCN(C(=O)NCc1ccccc1Cl)C1CCS(=O)(=O)C1. The maximum atomic E-state index is 12.6. The van der Waals surface area contributed by atoms with E-state index in [9.17, 15) is 13.2 Å². The van der Waals surface area contributed by atoms with Gasteiger partial charge < -0.3 is 15.1 Å². The van der Waals surface area contributed by atoms with Gasteiger partial charge in [-0.15, -0.1) is 0 Å². The van der Waals surface area contributed by atoms with E-state index in [2.05, 4.69) is 5.32 Å². The van der Waals surface area contributed by atoms with Gasteiger partial charge in [0.2, 0.25) is 0 Å². The van der Waals surface area contributed by atoms with Crippen LogP contribution in [0.1, 0.15) is 12.0 Å². The van der Waals surface area contributed by atoms with E-state index in [1.165, 1.54) is 0 Å². The second kappa shape index (κ2) is 8.18. The van der Waals surface area contributed by atoms with Crippen LogP contribution in [0.5, 0.6) is 0 Å². The van der Waals surface area contributed by atoms with E-state index in [-0.39, 0.29) is 23.6 Å². The summed E-state index contributed by atoms with van der Waals surface area (Å²) >= 11 is 6.10. The summed E-state index contributed by atoms with van der Waals surface area (Å²) < 4.78 is 23.5. The Labute approximate surface area is 148 Å². The third-order valence-electron chi connectivity index (χ3n) is 4.09. The van der Waals surface area contributed by atoms with Crippen molar-refractivity contribution in [3.63, 3.8) is 0 Å². The highest BCUT2D eigenvalue weighted by Gasteiger charge is 2.34. The number of rotatable bonds is 6. The molecule has 0 spiro atoms. The lowest BCUT2D eigenvalue weighted by Crippen LogP contribution is -2.49. The first-order chi connectivity index (χ1) is 11.3. The number of benzene rings is 1. The van der Waals surface area contributed by atoms with E-state index >= 15 is 0 Å². The smallest absolute Gasteiger partial charge is 0.317 e. The predicted octanol–water partition coefficient (Wildman–Crippen LogP) is 1.60. The topological polar surface area (TPSA) is 69.7 Å². The Morgan fingerprint density at radius 2 is 2.00 bits per heavy atom. The van der Waals surface area contributed by atoms with Crippen molar-refractivity contribution in [1.82, 2.24) is 15.1 Å². The number of sulfone groups is 1. The number of urea groups is 1. The van der Waals surface area contributed by atoms with Crippen molar-refractivity contribution >= 4 is 27.5 Å². The maximum absolute atomic E-state index is 12.6. The van der Waals surface area contributed by atoms with Gasteiger partial charge in [-0.2, -0.15) is 0 Å². The largest absolute Gasteiger partial charge is 0.334 e. The molecule has 2 rings (SSSR count). The van der Waals surface area contributed by atoms with Crippen LogP contribution >= 0.6 is 11.6 Å². The summed E-state index contributed by atoms with van der Waals surface area (Å²) in [7, 11) is 0.801. The van der Waals surface area contributed by atoms with E-state index in [0.717, 1.165) is 5.56 Å². The standard InChI is InChI=1S/C16H24ClN3O3S/c1-19(2)8-9-20(14-7-10-24(22,23)12-14)16(21)18-11-13-5-3-4-6-15(13)17/h3-6,14H,7-12H2,1-2H3,(H,18,21). The van der Waals surface area contributed by atoms with Crippen molar-refractivity contribution in [1.29, 1.82) is 0 Å². The van der Waals surface area contributed by atoms with Crippen molar-refractivity contribution in [2.45, 2.75) is 19.0 Å². The number of amides is 2. The zero-order chi connectivity index (χ0) is 17.7. The van der Waals surface area contributed by atoms with Gasteiger partial charge in [0, 0.05) is 30.7 Å². The second-order valence-electron chi connectivity index (χ2n) is 6.30. The van der Waals surface area contributed by atoms with Crippen LogP contribution in [-0.2, 0) is 16.4 Å². The number of nitrogens with zero attached hydrogens (tertiary/aromatic N) is 2. The van der Waals surface area contributed by atoms with Gasteiger partial charge >= 0.3 is 6.03 Å². The number of likely N-dealkylation sites (N-methyl/N-ethyl adjacent to an activating group) is 1. The van der Waals surface area contributed by atoms with Gasteiger partial charge in [0.1, 0.15) is 0 Å². The van der Waals surface area contributed by atoms with Gasteiger partial charge in [-0.1, -0.05) is 29.8 Å². The molecule has 1 aromatic carbocycles. The Bertz CT molecular complexity index is 679. The number of carbonyl (C=O) groups is 1. The first-order valence-corrected chi connectivity index (χ1v) is 10.1. The molecule has 134 valence electrons. The fourth-order valence-electron chi connectivity index (χ4n) is 2.69. The first-order valence-electron chi connectivity index (χ1n) is 7.91. The zero-order valence-electron chi connectivity index (χ0n) is 14.0. The van der Waals surface area contributed by atoms with Crippen LogP contribution in [-0.4, -0.2) is 69.0 Å². The molecule has 1 heterocycles. The maximum Gasteiger partial charge on any atom is 0.317 e. The van der Waals surface area contributed by atoms with E-state index in [1.54, 1.807) is 11.0 Å². The van der Waals surface area contributed by atoms with Crippen LogP contribution in [0.3, 0.4) is 0 Å². The Morgan fingerprint density at radius 1 is 1.29 bits per heavy atom. The molecular formula is C16H24ClN3O3S. The van der Waals surface area contributed by atoms with E-state index in [0.29, 0.717) is 31.1 Å². The molecule has 6 nitrogen and oxygen atoms in total. The molecule has 1 aromatic rings.